The summed E-state index contributed by atoms with van der Waals surface area (Å²) in [7, 11) is 1.49. The molecule has 0 aliphatic carbocycles. The third kappa shape index (κ3) is 2.23. The van der Waals surface area contributed by atoms with Crippen molar-refractivity contribution in [3.05, 3.63) is 29.3 Å². The molecule has 4 heteroatoms. The molecule has 1 rings (SSSR count). The number of aliphatic hydroxyl groups excluding tert-OH is 1. The molecule has 0 bridgehead atoms. The zero-order chi connectivity index (χ0) is 10.7. The summed E-state index contributed by atoms with van der Waals surface area (Å²) in [4.78, 5) is 10.5. The Hall–Kier alpha value is -1.55. The molecular formula is C10H12O4. The topological polar surface area (TPSA) is 66.8 Å². The molecule has 1 aromatic rings. The van der Waals surface area contributed by atoms with Crippen molar-refractivity contribution in [3.63, 3.8) is 0 Å². The molecule has 1 atom stereocenters. The van der Waals surface area contributed by atoms with E-state index in [9.17, 15) is 9.90 Å². The fraction of sp³-hybridized carbons (Fsp3) is 0.300. The lowest BCUT2D eigenvalue weighted by atomic mass is 10.1. The van der Waals surface area contributed by atoms with Crippen LogP contribution in [0, 0.1) is 6.92 Å². The minimum atomic E-state index is -1.50. The van der Waals surface area contributed by atoms with Crippen molar-refractivity contribution in [1.29, 1.82) is 0 Å². The number of hydrogen-bond donors (Lipinski definition) is 2. The van der Waals surface area contributed by atoms with Gasteiger partial charge in [-0.3, -0.25) is 0 Å². The summed E-state index contributed by atoms with van der Waals surface area (Å²) in [6, 6.07) is 4.88. The molecule has 0 radical (unpaired) electrons. The fourth-order valence-electron chi connectivity index (χ4n) is 1.19. The van der Waals surface area contributed by atoms with Crippen molar-refractivity contribution in [3.8, 4) is 5.75 Å². The summed E-state index contributed by atoms with van der Waals surface area (Å²) in [6.07, 6.45) is -1.50. The second-order valence-corrected chi connectivity index (χ2v) is 3.02. The van der Waals surface area contributed by atoms with Crippen LogP contribution in [0.25, 0.3) is 0 Å². The highest BCUT2D eigenvalue weighted by Gasteiger charge is 2.16. The van der Waals surface area contributed by atoms with E-state index in [-0.39, 0.29) is 0 Å². The average molecular weight is 196 g/mol. The number of aryl methyl sites for hydroxylation is 1. The van der Waals surface area contributed by atoms with Crippen molar-refractivity contribution < 1.29 is 19.7 Å². The highest BCUT2D eigenvalue weighted by atomic mass is 16.5. The highest BCUT2D eigenvalue weighted by Crippen LogP contribution is 2.21. The van der Waals surface area contributed by atoms with Crippen LogP contribution in [-0.4, -0.2) is 23.3 Å². The summed E-state index contributed by atoms with van der Waals surface area (Å²) in [6.45, 7) is 1.81. The van der Waals surface area contributed by atoms with E-state index in [1.165, 1.54) is 13.2 Å². The molecule has 1 unspecified atom stereocenters. The lowest BCUT2D eigenvalue weighted by molar-refractivity contribution is -0.146. The molecule has 0 amide bonds. The Morgan fingerprint density at radius 3 is 2.57 bits per heavy atom. The van der Waals surface area contributed by atoms with Gasteiger partial charge in [-0.1, -0.05) is 6.07 Å². The first kappa shape index (κ1) is 10.5. The normalized spacial score (nSPS) is 12.2. The second-order valence-electron chi connectivity index (χ2n) is 3.02. The third-order valence-corrected chi connectivity index (χ3v) is 1.86. The van der Waals surface area contributed by atoms with E-state index >= 15 is 0 Å². The molecule has 0 aliphatic heterocycles. The molecule has 1 aromatic carbocycles. The van der Waals surface area contributed by atoms with Gasteiger partial charge in [0.05, 0.1) is 7.11 Å². The van der Waals surface area contributed by atoms with Crippen molar-refractivity contribution in [1.82, 2.24) is 0 Å². The lowest BCUT2D eigenvalue weighted by Crippen LogP contribution is -2.10. The molecule has 0 heterocycles. The largest absolute Gasteiger partial charge is 0.497 e. The number of rotatable bonds is 3. The first-order valence-corrected chi connectivity index (χ1v) is 4.11. The van der Waals surface area contributed by atoms with Gasteiger partial charge in [0.1, 0.15) is 5.75 Å². The van der Waals surface area contributed by atoms with Crippen LogP contribution in [0.3, 0.4) is 0 Å². The number of carboxylic acid groups (broad SMARTS) is 1. The van der Waals surface area contributed by atoms with Gasteiger partial charge >= 0.3 is 5.97 Å². The summed E-state index contributed by atoms with van der Waals surface area (Å²) in [5.41, 5.74) is 1.18. The Balaban J connectivity index is 3.08. The Kier molecular flexibility index (Phi) is 3.09. The van der Waals surface area contributed by atoms with Crippen LogP contribution < -0.4 is 4.74 Å². The first-order chi connectivity index (χ1) is 6.54. The van der Waals surface area contributed by atoms with Gasteiger partial charge in [-0.15, -0.1) is 0 Å². The van der Waals surface area contributed by atoms with Crippen molar-refractivity contribution in [2.24, 2.45) is 0 Å². The SMILES string of the molecule is COc1cc(C)cc(C(O)C(=O)O)c1. The molecule has 0 aliphatic rings. The number of ether oxygens (including phenoxy) is 1. The Morgan fingerprint density at radius 1 is 1.43 bits per heavy atom. The van der Waals surface area contributed by atoms with Gasteiger partial charge in [0, 0.05) is 0 Å². The van der Waals surface area contributed by atoms with Gasteiger partial charge in [0.25, 0.3) is 0 Å². The minimum absolute atomic E-state index is 0.328. The minimum Gasteiger partial charge on any atom is -0.497 e. The van der Waals surface area contributed by atoms with Crippen LogP contribution in [0.2, 0.25) is 0 Å². The van der Waals surface area contributed by atoms with E-state index in [4.69, 9.17) is 9.84 Å². The molecule has 0 saturated carbocycles. The molecule has 0 saturated heterocycles. The number of hydrogen-bond acceptors (Lipinski definition) is 3. The first-order valence-electron chi connectivity index (χ1n) is 4.11. The van der Waals surface area contributed by atoms with Crippen LogP contribution in [0.15, 0.2) is 18.2 Å². The zero-order valence-corrected chi connectivity index (χ0v) is 8.02. The van der Waals surface area contributed by atoms with Crippen LogP contribution in [-0.2, 0) is 4.79 Å². The zero-order valence-electron chi connectivity index (χ0n) is 8.02. The van der Waals surface area contributed by atoms with Crippen molar-refractivity contribution in [2.45, 2.75) is 13.0 Å². The Bertz CT molecular complexity index is 346. The van der Waals surface area contributed by atoms with Crippen molar-refractivity contribution >= 4 is 5.97 Å². The monoisotopic (exact) mass is 196 g/mol. The molecule has 2 N–H and O–H groups in total. The molecule has 0 fully saturated rings. The van der Waals surface area contributed by atoms with Crippen LogP contribution >= 0.6 is 0 Å². The highest BCUT2D eigenvalue weighted by molar-refractivity contribution is 5.74. The third-order valence-electron chi connectivity index (χ3n) is 1.86. The summed E-state index contributed by atoms with van der Waals surface area (Å²) in [5, 5.41) is 17.9. The van der Waals surface area contributed by atoms with E-state index < -0.39 is 12.1 Å². The van der Waals surface area contributed by atoms with Gasteiger partial charge in [0.15, 0.2) is 6.10 Å². The average Bonchev–Trinajstić information content (AvgIpc) is 2.15. The molecule has 76 valence electrons. The number of aliphatic carboxylic acids is 1. The molecule has 4 nitrogen and oxygen atoms in total. The second kappa shape index (κ2) is 4.11. The maximum atomic E-state index is 10.5. The number of carbonyl (C=O) groups is 1. The maximum Gasteiger partial charge on any atom is 0.337 e. The van der Waals surface area contributed by atoms with E-state index in [1.54, 1.807) is 19.1 Å². The Morgan fingerprint density at radius 2 is 2.07 bits per heavy atom. The van der Waals surface area contributed by atoms with E-state index in [0.717, 1.165) is 5.56 Å². The number of benzene rings is 1. The van der Waals surface area contributed by atoms with Crippen LogP contribution in [0.4, 0.5) is 0 Å². The predicted octanol–water partition coefficient (Wildman–Crippen LogP) is 1.12. The summed E-state index contributed by atoms with van der Waals surface area (Å²) < 4.78 is 4.96. The smallest absolute Gasteiger partial charge is 0.337 e. The molecule has 0 spiro atoms. The molecular weight excluding hydrogens is 184 g/mol. The van der Waals surface area contributed by atoms with Crippen molar-refractivity contribution in [2.75, 3.05) is 7.11 Å². The van der Waals surface area contributed by atoms with E-state index in [0.29, 0.717) is 11.3 Å². The maximum absolute atomic E-state index is 10.5. The molecule has 0 aromatic heterocycles. The van der Waals surface area contributed by atoms with Gasteiger partial charge in [0.2, 0.25) is 0 Å². The summed E-state index contributed by atoms with van der Waals surface area (Å²) >= 11 is 0. The lowest BCUT2D eigenvalue weighted by Gasteiger charge is -2.09. The van der Waals surface area contributed by atoms with Gasteiger partial charge < -0.3 is 14.9 Å². The Labute approximate surface area is 81.8 Å². The van der Waals surface area contributed by atoms with Gasteiger partial charge in [-0.2, -0.15) is 0 Å². The number of aliphatic hydroxyl groups is 1. The number of carboxylic acids is 1. The van der Waals surface area contributed by atoms with E-state index in [1.807, 2.05) is 0 Å². The summed E-state index contributed by atoms with van der Waals surface area (Å²) in [5.74, 6) is -0.724. The number of methoxy groups -OCH3 is 1. The quantitative estimate of drug-likeness (QED) is 0.760. The van der Waals surface area contributed by atoms with Crippen LogP contribution in [0.1, 0.15) is 17.2 Å². The van der Waals surface area contributed by atoms with E-state index in [2.05, 4.69) is 0 Å². The van der Waals surface area contributed by atoms with Crippen LogP contribution in [0.5, 0.6) is 5.75 Å². The standard InChI is InChI=1S/C10H12O4/c1-6-3-7(9(11)10(12)13)5-8(4-6)14-2/h3-5,9,11H,1-2H3,(H,12,13). The fourth-order valence-corrected chi connectivity index (χ4v) is 1.19. The molecule has 14 heavy (non-hydrogen) atoms. The van der Waals surface area contributed by atoms with Gasteiger partial charge in [-0.25, -0.2) is 4.79 Å². The predicted molar refractivity (Wildman–Crippen MR) is 50.3 cm³/mol. The van der Waals surface area contributed by atoms with Gasteiger partial charge in [-0.05, 0) is 30.2 Å².